The number of aromatic nitrogens is 1. The van der Waals surface area contributed by atoms with Crippen molar-refractivity contribution in [3.8, 4) is 5.75 Å². The molecule has 4 nitrogen and oxygen atoms in total. The molecule has 1 N–H and O–H groups in total. The van der Waals surface area contributed by atoms with Gasteiger partial charge in [0.25, 0.3) is 6.47 Å². The van der Waals surface area contributed by atoms with Gasteiger partial charge >= 0.3 is 0 Å². The first-order valence-corrected chi connectivity index (χ1v) is 3.45. The summed E-state index contributed by atoms with van der Waals surface area (Å²) in [4.78, 5) is 12.2. The van der Waals surface area contributed by atoms with Crippen molar-refractivity contribution < 1.29 is 14.6 Å². The zero-order valence-corrected chi connectivity index (χ0v) is 6.80. The van der Waals surface area contributed by atoms with E-state index in [0.717, 1.165) is 5.75 Å². The monoisotopic (exact) mass is 169 g/mol. The molecule has 0 atom stereocenters. The third-order valence-corrected chi connectivity index (χ3v) is 0.945. The van der Waals surface area contributed by atoms with Crippen molar-refractivity contribution in [1.29, 1.82) is 0 Å². The normalized spacial score (nSPS) is 7.75. The lowest BCUT2D eigenvalue weighted by Crippen LogP contribution is -1.90. The van der Waals surface area contributed by atoms with Gasteiger partial charge in [-0.15, -0.1) is 0 Å². The molecule has 66 valence electrons. The van der Waals surface area contributed by atoms with Crippen LogP contribution >= 0.6 is 0 Å². The quantitative estimate of drug-likeness (QED) is 0.675. The van der Waals surface area contributed by atoms with Crippen LogP contribution in [0, 0.1) is 0 Å². The summed E-state index contributed by atoms with van der Waals surface area (Å²) in [5.41, 5.74) is 0. The number of rotatable bonds is 2. The smallest absolute Gasteiger partial charge is 0.290 e. The SMILES string of the molecule is CCOc1cccnc1.O=CO. The highest BCUT2D eigenvalue weighted by Gasteiger charge is 1.84. The van der Waals surface area contributed by atoms with E-state index in [4.69, 9.17) is 14.6 Å². The highest BCUT2D eigenvalue weighted by molar-refractivity contribution is 5.32. The van der Waals surface area contributed by atoms with E-state index in [1.54, 1.807) is 12.4 Å². The van der Waals surface area contributed by atoms with Gasteiger partial charge in [-0.3, -0.25) is 9.78 Å². The van der Waals surface area contributed by atoms with Crippen molar-refractivity contribution in [2.45, 2.75) is 6.92 Å². The van der Waals surface area contributed by atoms with E-state index in [0.29, 0.717) is 6.61 Å². The number of carbonyl (C=O) groups is 1. The second kappa shape index (κ2) is 7.53. The highest BCUT2D eigenvalue weighted by Crippen LogP contribution is 2.04. The average molecular weight is 169 g/mol. The van der Waals surface area contributed by atoms with Gasteiger partial charge in [0, 0.05) is 6.20 Å². The molecule has 0 unspecified atom stereocenters. The van der Waals surface area contributed by atoms with E-state index in [9.17, 15) is 0 Å². The first kappa shape index (κ1) is 10.4. The summed E-state index contributed by atoms with van der Waals surface area (Å²) >= 11 is 0. The molecule has 0 aromatic carbocycles. The maximum atomic E-state index is 8.36. The Kier molecular flexibility index (Phi) is 6.54. The van der Waals surface area contributed by atoms with E-state index in [-0.39, 0.29) is 6.47 Å². The summed E-state index contributed by atoms with van der Waals surface area (Å²) < 4.78 is 5.14. The Hall–Kier alpha value is -1.58. The largest absolute Gasteiger partial charge is 0.492 e. The first-order valence-electron chi connectivity index (χ1n) is 3.45. The fourth-order valence-corrected chi connectivity index (χ4v) is 0.599. The minimum atomic E-state index is -0.250. The summed E-state index contributed by atoms with van der Waals surface area (Å²) in [7, 11) is 0. The number of nitrogens with zero attached hydrogens (tertiary/aromatic N) is 1. The maximum absolute atomic E-state index is 8.36. The second-order valence-electron chi connectivity index (χ2n) is 1.73. The van der Waals surface area contributed by atoms with Crippen molar-refractivity contribution in [2.75, 3.05) is 6.61 Å². The van der Waals surface area contributed by atoms with E-state index in [1.807, 2.05) is 19.1 Å². The van der Waals surface area contributed by atoms with Crippen LogP contribution in [0.4, 0.5) is 0 Å². The minimum absolute atomic E-state index is 0.250. The first-order chi connectivity index (χ1) is 5.85. The van der Waals surface area contributed by atoms with Crippen molar-refractivity contribution >= 4 is 6.47 Å². The number of hydrogen-bond donors (Lipinski definition) is 1. The molecule has 1 rings (SSSR count). The predicted molar refractivity (Wildman–Crippen MR) is 44.1 cm³/mol. The molecular weight excluding hydrogens is 158 g/mol. The van der Waals surface area contributed by atoms with Gasteiger partial charge in [-0.1, -0.05) is 0 Å². The molecule has 0 aliphatic rings. The molecule has 0 saturated carbocycles. The van der Waals surface area contributed by atoms with Crippen molar-refractivity contribution in [3.05, 3.63) is 24.5 Å². The number of carboxylic acid groups (broad SMARTS) is 1. The van der Waals surface area contributed by atoms with E-state index in [1.165, 1.54) is 0 Å². The van der Waals surface area contributed by atoms with Crippen LogP contribution in [0.3, 0.4) is 0 Å². The van der Waals surface area contributed by atoms with Gasteiger partial charge in [0.15, 0.2) is 0 Å². The fraction of sp³-hybridized carbons (Fsp3) is 0.250. The molecule has 0 saturated heterocycles. The molecule has 0 bridgehead atoms. The third-order valence-electron chi connectivity index (χ3n) is 0.945. The standard InChI is InChI=1S/C7H9NO.CH2O2/c1-2-9-7-4-3-5-8-6-7;2-1-3/h3-6H,2H2,1H3;1H,(H,2,3). The highest BCUT2D eigenvalue weighted by atomic mass is 16.5. The minimum Gasteiger partial charge on any atom is -0.492 e. The average Bonchev–Trinajstić information content (AvgIpc) is 2.08. The zero-order valence-electron chi connectivity index (χ0n) is 6.80. The lowest BCUT2D eigenvalue weighted by Gasteiger charge is -1.98. The molecule has 4 heteroatoms. The molecule has 0 aliphatic carbocycles. The van der Waals surface area contributed by atoms with Gasteiger partial charge in [0.2, 0.25) is 0 Å². The number of ether oxygens (including phenoxy) is 1. The van der Waals surface area contributed by atoms with Crippen molar-refractivity contribution in [1.82, 2.24) is 4.98 Å². The van der Waals surface area contributed by atoms with Crippen LogP contribution in [-0.4, -0.2) is 23.2 Å². The summed E-state index contributed by atoms with van der Waals surface area (Å²) in [6, 6.07) is 3.74. The molecule has 1 aromatic heterocycles. The lowest BCUT2D eigenvalue weighted by molar-refractivity contribution is -0.122. The van der Waals surface area contributed by atoms with Crippen LogP contribution in [0.2, 0.25) is 0 Å². The Bertz CT molecular complexity index is 201. The van der Waals surface area contributed by atoms with E-state index >= 15 is 0 Å². The molecule has 0 radical (unpaired) electrons. The Morgan fingerprint density at radius 1 is 1.75 bits per heavy atom. The van der Waals surface area contributed by atoms with E-state index in [2.05, 4.69) is 4.98 Å². The summed E-state index contributed by atoms with van der Waals surface area (Å²) in [5.74, 6) is 0.833. The zero-order chi connectivity index (χ0) is 9.23. The van der Waals surface area contributed by atoms with Gasteiger partial charge in [-0.05, 0) is 19.1 Å². The molecule has 0 spiro atoms. The molecule has 12 heavy (non-hydrogen) atoms. The summed E-state index contributed by atoms with van der Waals surface area (Å²) in [6.07, 6.45) is 3.42. The predicted octanol–water partition coefficient (Wildman–Crippen LogP) is 1.18. The van der Waals surface area contributed by atoms with Gasteiger partial charge in [-0.25, -0.2) is 0 Å². The van der Waals surface area contributed by atoms with Crippen molar-refractivity contribution in [2.24, 2.45) is 0 Å². The van der Waals surface area contributed by atoms with Crippen LogP contribution in [-0.2, 0) is 4.79 Å². The maximum Gasteiger partial charge on any atom is 0.290 e. The molecule has 0 amide bonds. The Labute approximate surface area is 70.8 Å². The van der Waals surface area contributed by atoms with Crippen molar-refractivity contribution in [3.63, 3.8) is 0 Å². The number of hydrogen-bond acceptors (Lipinski definition) is 3. The van der Waals surface area contributed by atoms with Gasteiger partial charge in [0.1, 0.15) is 5.75 Å². The third kappa shape index (κ3) is 5.22. The van der Waals surface area contributed by atoms with Crippen LogP contribution in [0.1, 0.15) is 6.92 Å². The topological polar surface area (TPSA) is 59.4 Å². The van der Waals surface area contributed by atoms with Crippen LogP contribution in [0.15, 0.2) is 24.5 Å². The molecule has 1 heterocycles. The Balaban J connectivity index is 0.000000354. The molecular formula is C8H11NO3. The van der Waals surface area contributed by atoms with Crippen LogP contribution in [0.25, 0.3) is 0 Å². The summed E-state index contributed by atoms with van der Waals surface area (Å²) in [5, 5.41) is 6.89. The van der Waals surface area contributed by atoms with Gasteiger partial charge in [0.05, 0.1) is 12.8 Å². The molecule has 0 aliphatic heterocycles. The van der Waals surface area contributed by atoms with Crippen LogP contribution < -0.4 is 4.74 Å². The lowest BCUT2D eigenvalue weighted by atomic mass is 10.5. The Morgan fingerprint density at radius 3 is 2.83 bits per heavy atom. The second-order valence-corrected chi connectivity index (χ2v) is 1.73. The van der Waals surface area contributed by atoms with Crippen LogP contribution in [0.5, 0.6) is 5.75 Å². The fourth-order valence-electron chi connectivity index (χ4n) is 0.599. The van der Waals surface area contributed by atoms with Gasteiger partial charge < -0.3 is 9.84 Å². The summed E-state index contributed by atoms with van der Waals surface area (Å²) in [6.45, 7) is 2.40. The Morgan fingerprint density at radius 2 is 2.42 bits per heavy atom. The number of pyridine rings is 1. The molecule has 0 fully saturated rings. The van der Waals surface area contributed by atoms with E-state index < -0.39 is 0 Å². The van der Waals surface area contributed by atoms with Gasteiger partial charge in [-0.2, -0.15) is 0 Å². The molecule has 1 aromatic rings.